The van der Waals surface area contributed by atoms with Crippen molar-refractivity contribution in [2.45, 2.75) is 57.3 Å². The van der Waals surface area contributed by atoms with Crippen LogP contribution in [-0.4, -0.2) is 11.1 Å². The normalized spacial score (nSPS) is 16.6. The highest BCUT2D eigenvalue weighted by Crippen LogP contribution is 2.51. The Morgan fingerprint density at radius 3 is 2.42 bits per heavy atom. The maximum atomic E-state index is 14.2. The molecule has 0 aromatic heterocycles. The number of carbonyl (C=O) groups is 1. The highest BCUT2D eigenvalue weighted by molar-refractivity contribution is 5.70. The molecule has 1 aliphatic rings. The number of benzene rings is 1. The first-order chi connectivity index (χ1) is 9.02. The van der Waals surface area contributed by atoms with Gasteiger partial charge in [-0.05, 0) is 48.8 Å². The van der Waals surface area contributed by atoms with Crippen LogP contribution in [0.3, 0.4) is 0 Å². The fourth-order valence-corrected chi connectivity index (χ4v) is 2.92. The molecule has 19 heavy (non-hydrogen) atoms. The van der Waals surface area contributed by atoms with Crippen LogP contribution in [0.25, 0.3) is 0 Å². The fraction of sp³-hybridized carbons (Fsp3) is 0.562. The third kappa shape index (κ3) is 2.80. The molecular weight excluding hydrogens is 243 g/mol. The smallest absolute Gasteiger partial charge is 0.304 e. The molecule has 1 aromatic carbocycles. The van der Waals surface area contributed by atoms with Crippen molar-refractivity contribution in [1.29, 1.82) is 0 Å². The Morgan fingerprint density at radius 2 is 2.00 bits per heavy atom. The molecule has 0 atom stereocenters. The first kappa shape index (κ1) is 14.0. The molecule has 0 saturated heterocycles. The van der Waals surface area contributed by atoms with Crippen LogP contribution in [0.5, 0.6) is 0 Å². The molecule has 2 rings (SSSR count). The third-order valence-corrected chi connectivity index (χ3v) is 4.38. The lowest BCUT2D eigenvalue weighted by Gasteiger charge is -2.18. The van der Waals surface area contributed by atoms with Gasteiger partial charge in [0, 0.05) is 5.41 Å². The van der Waals surface area contributed by atoms with E-state index in [4.69, 9.17) is 5.11 Å². The van der Waals surface area contributed by atoms with E-state index in [1.165, 1.54) is 0 Å². The van der Waals surface area contributed by atoms with Gasteiger partial charge in [0.25, 0.3) is 0 Å². The summed E-state index contributed by atoms with van der Waals surface area (Å²) in [5, 5.41) is 8.94. The minimum absolute atomic E-state index is 0.108. The maximum Gasteiger partial charge on any atom is 0.304 e. The number of halogens is 1. The Morgan fingerprint density at radius 1 is 1.37 bits per heavy atom. The van der Waals surface area contributed by atoms with Gasteiger partial charge in [-0.3, -0.25) is 4.79 Å². The summed E-state index contributed by atoms with van der Waals surface area (Å²) >= 11 is 0. The number of carboxylic acids is 1. The molecule has 0 spiro atoms. The van der Waals surface area contributed by atoms with Crippen LogP contribution in [0.1, 0.15) is 63.0 Å². The molecule has 0 heterocycles. The highest BCUT2D eigenvalue weighted by atomic mass is 19.1. The van der Waals surface area contributed by atoms with Crippen LogP contribution < -0.4 is 0 Å². The van der Waals surface area contributed by atoms with E-state index in [0.717, 1.165) is 36.8 Å². The van der Waals surface area contributed by atoms with Gasteiger partial charge in [0.15, 0.2) is 0 Å². The van der Waals surface area contributed by atoms with Crippen LogP contribution in [-0.2, 0) is 10.2 Å². The van der Waals surface area contributed by atoms with E-state index in [2.05, 4.69) is 13.8 Å². The molecule has 1 fully saturated rings. The van der Waals surface area contributed by atoms with E-state index >= 15 is 0 Å². The van der Waals surface area contributed by atoms with Gasteiger partial charge in [-0.2, -0.15) is 0 Å². The van der Waals surface area contributed by atoms with E-state index in [9.17, 15) is 9.18 Å². The third-order valence-electron chi connectivity index (χ3n) is 4.38. The summed E-state index contributed by atoms with van der Waals surface area (Å²) in [6.07, 6.45) is 3.66. The predicted octanol–water partition coefficient (Wildman–Crippen LogP) is 4.24. The standard InChI is InChI=1S/C16H21FO2/c1-3-11(4-2)13-6-5-12(9-14(13)17)16(7-8-16)10-15(18)19/h5-6,9,11H,3-4,7-8,10H2,1-2H3,(H,18,19). The van der Waals surface area contributed by atoms with E-state index in [1.54, 1.807) is 6.07 Å². The van der Waals surface area contributed by atoms with Gasteiger partial charge in [-0.15, -0.1) is 0 Å². The lowest BCUT2D eigenvalue weighted by molar-refractivity contribution is -0.137. The molecule has 104 valence electrons. The number of carboxylic acid groups (broad SMARTS) is 1. The van der Waals surface area contributed by atoms with Gasteiger partial charge in [-0.25, -0.2) is 4.39 Å². The molecule has 3 heteroatoms. The molecular formula is C16H21FO2. The Kier molecular flexibility index (Phi) is 3.93. The quantitative estimate of drug-likeness (QED) is 0.834. The summed E-state index contributed by atoms with van der Waals surface area (Å²) in [6.45, 7) is 4.13. The van der Waals surface area contributed by atoms with Gasteiger partial charge < -0.3 is 5.11 Å². The summed E-state index contributed by atoms with van der Waals surface area (Å²) in [5.41, 5.74) is 1.31. The van der Waals surface area contributed by atoms with E-state index < -0.39 is 5.97 Å². The second-order valence-electron chi connectivity index (χ2n) is 5.60. The lowest BCUT2D eigenvalue weighted by atomic mass is 9.88. The van der Waals surface area contributed by atoms with Crippen LogP contribution in [0.15, 0.2) is 18.2 Å². The number of hydrogen-bond donors (Lipinski definition) is 1. The summed E-state index contributed by atoms with van der Waals surface area (Å²) in [4.78, 5) is 10.9. The zero-order valence-corrected chi connectivity index (χ0v) is 11.6. The zero-order chi connectivity index (χ0) is 14.0. The Balaban J connectivity index is 2.26. The molecule has 0 radical (unpaired) electrons. The van der Waals surface area contributed by atoms with Crippen molar-refractivity contribution in [3.8, 4) is 0 Å². The fourth-order valence-electron chi connectivity index (χ4n) is 2.92. The number of aliphatic carboxylic acids is 1. The van der Waals surface area contributed by atoms with Crippen LogP contribution in [0.4, 0.5) is 4.39 Å². The first-order valence-corrected chi connectivity index (χ1v) is 7.04. The molecule has 0 amide bonds. The molecule has 1 N–H and O–H groups in total. The second kappa shape index (κ2) is 5.32. The highest BCUT2D eigenvalue weighted by Gasteiger charge is 2.46. The van der Waals surface area contributed by atoms with Gasteiger partial charge >= 0.3 is 5.97 Å². The average Bonchev–Trinajstić information content (AvgIpc) is 3.12. The zero-order valence-electron chi connectivity index (χ0n) is 11.6. The van der Waals surface area contributed by atoms with Crippen LogP contribution >= 0.6 is 0 Å². The number of rotatable bonds is 6. The van der Waals surface area contributed by atoms with E-state index in [1.807, 2.05) is 12.1 Å². The van der Waals surface area contributed by atoms with E-state index in [0.29, 0.717) is 0 Å². The molecule has 1 saturated carbocycles. The maximum absolute atomic E-state index is 14.2. The van der Waals surface area contributed by atoms with Crippen molar-refractivity contribution >= 4 is 5.97 Å². The molecule has 1 aliphatic carbocycles. The van der Waals surface area contributed by atoms with Crippen LogP contribution in [0.2, 0.25) is 0 Å². The van der Waals surface area contributed by atoms with Gasteiger partial charge in [0.2, 0.25) is 0 Å². The first-order valence-electron chi connectivity index (χ1n) is 7.04. The molecule has 2 nitrogen and oxygen atoms in total. The van der Waals surface area contributed by atoms with Crippen LogP contribution in [0, 0.1) is 5.82 Å². The van der Waals surface area contributed by atoms with Crippen molar-refractivity contribution in [2.24, 2.45) is 0 Å². The topological polar surface area (TPSA) is 37.3 Å². The van der Waals surface area contributed by atoms with Gasteiger partial charge in [-0.1, -0.05) is 26.0 Å². The number of hydrogen-bond acceptors (Lipinski definition) is 1. The monoisotopic (exact) mass is 264 g/mol. The second-order valence-corrected chi connectivity index (χ2v) is 5.60. The summed E-state index contributed by atoms with van der Waals surface area (Å²) in [6, 6.07) is 5.33. The van der Waals surface area contributed by atoms with Crippen molar-refractivity contribution in [2.75, 3.05) is 0 Å². The Hall–Kier alpha value is -1.38. The molecule has 1 aromatic rings. The van der Waals surface area contributed by atoms with Crippen molar-refractivity contribution in [3.05, 3.63) is 35.1 Å². The average molecular weight is 264 g/mol. The Bertz CT molecular complexity index is 474. The van der Waals surface area contributed by atoms with Gasteiger partial charge in [0.1, 0.15) is 5.82 Å². The minimum Gasteiger partial charge on any atom is -0.481 e. The summed E-state index contributed by atoms with van der Waals surface area (Å²) in [5.74, 6) is -0.728. The van der Waals surface area contributed by atoms with E-state index in [-0.39, 0.29) is 23.6 Å². The molecule has 0 bridgehead atoms. The Labute approximate surface area is 113 Å². The van der Waals surface area contributed by atoms with Gasteiger partial charge in [0.05, 0.1) is 6.42 Å². The summed E-state index contributed by atoms with van der Waals surface area (Å²) < 4.78 is 14.2. The minimum atomic E-state index is -0.804. The SMILES string of the molecule is CCC(CC)c1ccc(C2(CC(=O)O)CC2)cc1F. The lowest BCUT2D eigenvalue weighted by Crippen LogP contribution is -2.13. The largest absolute Gasteiger partial charge is 0.481 e. The van der Waals surface area contributed by atoms with Crippen molar-refractivity contribution in [1.82, 2.24) is 0 Å². The molecule has 0 unspecified atom stereocenters. The summed E-state index contributed by atoms with van der Waals surface area (Å²) in [7, 11) is 0. The van der Waals surface area contributed by atoms with Crippen molar-refractivity contribution in [3.63, 3.8) is 0 Å². The van der Waals surface area contributed by atoms with Crippen molar-refractivity contribution < 1.29 is 14.3 Å². The predicted molar refractivity (Wildman–Crippen MR) is 72.9 cm³/mol. The molecule has 0 aliphatic heterocycles.